The number of aromatic nitrogens is 1. The van der Waals surface area contributed by atoms with Crippen LogP contribution in [0.3, 0.4) is 0 Å². The van der Waals surface area contributed by atoms with Crippen LogP contribution in [0.25, 0.3) is 0 Å². The van der Waals surface area contributed by atoms with Crippen LogP contribution in [0, 0.1) is 6.92 Å². The molecule has 31 heavy (non-hydrogen) atoms. The Morgan fingerprint density at radius 3 is 2.74 bits per heavy atom. The molecule has 1 aliphatic heterocycles. The molecule has 0 saturated carbocycles. The minimum atomic E-state index is -4.81. The van der Waals surface area contributed by atoms with E-state index in [1.807, 2.05) is 0 Å². The van der Waals surface area contributed by atoms with Crippen LogP contribution in [0.1, 0.15) is 17.2 Å². The first kappa shape index (κ1) is 21.9. The molecule has 1 aliphatic rings. The number of carbonyl (C=O) groups is 2. The van der Waals surface area contributed by atoms with E-state index in [2.05, 4.69) is 26.9 Å². The van der Waals surface area contributed by atoms with Crippen molar-refractivity contribution < 1.29 is 32.2 Å². The number of nitrogens with zero attached hydrogens (tertiary/aromatic N) is 2. The van der Waals surface area contributed by atoms with E-state index in [0.717, 1.165) is 17.7 Å². The number of aryl methyl sites for hydroxylation is 1. The number of rotatable bonds is 6. The summed E-state index contributed by atoms with van der Waals surface area (Å²) in [5, 5.41) is 5.38. The van der Waals surface area contributed by atoms with Crippen molar-refractivity contribution in [3.8, 4) is 5.75 Å². The van der Waals surface area contributed by atoms with E-state index in [1.165, 1.54) is 23.3 Å². The van der Waals surface area contributed by atoms with Crippen LogP contribution in [0.2, 0.25) is 0 Å². The Kier molecular flexibility index (Phi) is 6.33. The summed E-state index contributed by atoms with van der Waals surface area (Å²) in [4.78, 5) is 30.4. The maximum atomic E-state index is 12.9. The third kappa shape index (κ3) is 5.65. The van der Waals surface area contributed by atoms with Gasteiger partial charge in [0, 0.05) is 6.20 Å². The monoisotopic (exact) mass is 436 g/mol. The van der Waals surface area contributed by atoms with Gasteiger partial charge in [-0.2, -0.15) is 0 Å². The van der Waals surface area contributed by atoms with Gasteiger partial charge >= 0.3 is 12.4 Å². The lowest BCUT2D eigenvalue weighted by molar-refractivity contribution is -0.274. The Morgan fingerprint density at radius 1 is 1.39 bits per heavy atom. The lowest BCUT2D eigenvalue weighted by atomic mass is 10.1. The molecule has 164 valence electrons. The van der Waals surface area contributed by atoms with Crippen molar-refractivity contribution in [1.29, 1.82) is 0 Å². The van der Waals surface area contributed by atoms with Crippen LogP contribution in [-0.4, -0.2) is 36.4 Å². The fourth-order valence-corrected chi connectivity index (χ4v) is 2.96. The van der Waals surface area contributed by atoms with Gasteiger partial charge in [-0.25, -0.2) is 9.78 Å². The van der Waals surface area contributed by atoms with Gasteiger partial charge in [-0.3, -0.25) is 9.69 Å². The number of halogens is 3. The van der Waals surface area contributed by atoms with Gasteiger partial charge in [0.05, 0.1) is 18.0 Å². The van der Waals surface area contributed by atoms with Crippen molar-refractivity contribution in [2.75, 3.05) is 23.4 Å². The van der Waals surface area contributed by atoms with Gasteiger partial charge in [-0.05, 0) is 36.2 Å². The first-order chi connectivity index (χ1) is 14.7. The summed E-state index contributed by atoms with van der Waals surface area (Å²) in [5.74, 6) is -0.505. The predicted octanol–water partition coefficient (Wildman–Crippen LogP) is 3.66. The molecule has 2 aromatic rings. The molecule has 2 heterocycles. The van der Waals surface area contributed by atoms with Gasteiger partial charge in [0.2, 0.25) is 5.91 Å². The number of hydrogen-bond donors (Lipinski definition) is 2. The first-order valence-electron chi connectivity index (χ1n) is 9.09. The standard InChI is InChI=1S/C20H19F3N4O4/c1-3-30-11-16(13-4-6-14(7-5-13)31-20(21,22)23)26-19(29)27-10-17(28)25-15-8-12(2)9-24-18(15)27/h3-9,16H,1,10-11H2,2H3,(H,25,28)(H,26,29). The van der Waals surface area contributed by atoms with E-state index in [9.17, 15) is 22.8 Å². The molecule has 3 amide bonds. The van der Waals surface area contributed by atoms with E-state index in [0.29, 0.717) is 11.3 Å². The maximum absolute atomic E-state index is 12.9. The Morgan fingerprint density at radius 2 is 2.10 bits per heavy atom. The number of carbonyl (C=O) groups excluding carboxylic acids is 2. The highest BCUT2D eigenvalue weighted by molar-refractivity contribution is 6.08. The van der Waals surface area contributed by atoms with Gasteiger partial charge in [0.1, 0.15) is 18.9 Å². The van der Waals surface area contributed by atoms with E-state index in [-0.39, 0.29) is 24.9 Å². The normalized spacial score (nSPS) is 14.2. The van der Waals surface area contributed by atoms with Crippen LogP contribution in [0.15, 0.2) is 49.4 Å². The Balaban J connectivity index is 1.80. The number of fused-ring (bicyclic) bond motifs is 1. The second-order valence-electron chi connectivity index (χ2n) is 6.64. The third-order valence-corrected chi connectivity index (χ3v) is 4.27. The summed E-state index contributed by atoms with van der Waals surface area (Å²) in [6, 6.07) is 5.32. The lowest BCUT2D eigenvalue weighted by Gasteiger charge is -2.30. The molecule has 2 N–H and O–H groups in total. The zero-order valence-corrected chi connectivity index (χ0v) is 16.4. The zero-order valence-electron chi connectivity index (χ0n) is 16.4. The highest BCUT2D eigenvalue weighted by atomic mass is 19.4. The summed E-state index contributed by atoms with van der Waals surface area (Å²) >= 11 is 0. The van der Waals surface area contributed by atoms with E-state index in [1.54, 1.807) is 19.2 Å². The predicted molar refractivity (Wildman–Crippen MR) is 105 cm³/mol. The number of alkyl halides is 3. The smallest absolute Gasteiger partial charge is 0.499 e. The van der Waals surface area contributed by atoms with Crippen molar-refractivity contribution in [3.05, 3.63) is 60.5 Å². The first-order valence-corrected chi connectivity index (χ1v) is 9.09. The second-order valence-corrected chi connectivity index (χ2v) is 6.64. The Bertz CT molecular complexity index is 979. The van der Waals surface area contributed by atoms with Crippen LogP contribution in [0.4, 0.5) is 29.5 Å². The van der Waals surface area contributed by atoms with Gasteiger partial charge < -0.3 is 20.1 Å². The van der Waals surface area contributed by atoms with Crippen LogP contribution in [0.5, 0.6) is 5.75 Å². The fourth-order valence-electron chi connectivity index (χ4n) is 2.96. The average molecular weight is 436 g/mol. The van der Waals surface area contributed by atoms with Crippen LogP contribution < -0.4 is 20.3 Å². The second kappa shape index (κ2) is 8.94. The molecule has 1 unspecified atom stereocenters. The van der Waals surface area contributed by atoms with Crippen molar-refractivity contribution in [2.45, 2.75) is 19.3 Å². The number of urea groups is 1. The van der Waals surface area contributed by atoms with Crippen molar-refractivity contribution in [2.24, 2.45) is 0 Å². The molecule has 0 saturated heterocycles. The summed E-state index contributed by atoms with van der Waals surface area (Å²) in [7, 11) is 0. The van der Waals surface area contributed by atoms with E-state index < -0.39 is 24.2 Å². The minimum Gasteiger partial charge on any atom is -0.499 e. The molecule has 11 heteroatoms. The van der Waals surface area contributed by atoms with Gasteiger partial charge in [-0.15, -0.1) is 13.2 Å². The highest BCUT2D eigenvalue weighted by Crippen LogP contribution is 2.29. The van der Waals surface area contributed by atoms with Crippen LogP contribution >= 0.6 is 0 Å². The summed E-state index contributed by atoms with van der Waals surface area (Å²) in [6.45, 7) is 4.96. The molecule has 8 nitrogen and oxygen atoms in total. The molecule has 0 bridgehead atoms. The molecule has 3 rings (SSSR count). The summed E-state index contributed by atoms with van der Waals surface area (Å²) in [6.07, 6.45) is -2.07. The molecule has 0 spiro atoms. The largest absolute Gasteiger partial charge is 0.573 e. The van der Waals surface area contributed by atoms with Crippen molar-refractivity contribution in [1.82, 2.24) is 10.3 Å². The van der Waals surface area contributed by atoms with Gasteiger partial charge in [0.15, 0.2) is 5.82 Å². The number of anilines is 2. The van der Waals surface area contributed by atoms with E-state index in [4.69, 9.17) is 4.74 Å². The number of amides is 3. The third-order valence-electron chi connectivity index (χ3n) is 4.27. The SMILES string of the molecule is C=COCC(NC(=O)N1CC(=O)Nc2cc(C)cnc21)c1ccc(OC(F)(F)F)cc1. The van der Waals surface area contributed by atoms with Crippen molar-refractivity contribution >= 4 is 23.4 Å². The van der Waals surface area contributed by atoms with Gasteiger partial charge in [0.25, 0.3) is 0 Å². The zero-order chi connectivity index (χ0) is 22.6. The van der Waals surface area contributed by atoms with E-state index >= 15 is 0 Å². The Labute approximate surface area is 175 Å². The molecule has 1 aromatic carbocycles. The molecule has 0 radical (unpaired) electrons. The number of ether oxygens (including phenoxy) is 2. The lowest BCUT2D eigenvalue weighted by Crippen LogP contribution is -2.49. The van der Waals surface area contributed by atoms with Crippen LogP contribution in [-0.2, 0) is 9.53 Å². The topological polar surface area (TPSA) is 92.8 Å². The minimum absolute atomic E-state index is 0.0388. The molecule has 0 aliphatic carbocycles. The molecular weight excluding hydrogens is 417 g/mol. The number of nitrogens with one attached hydrogen (secondary N) is 2. The Hall–Kier alpha value is -3.76. The van der Waals surface area contributed by atoms with Gasteiger partial charge in [-0.1, -0.05) is 18.7 Å². The quantitative estimate of drug-likeness (QED) is 0.675. The number of benzene rings is 1. The highest BCUT2D eigenvalue weighted by Gasteiger charge is 2.32. The summed E-state index contributed by atoms with van der Waals surface area (Å²) in [5.41, 5.74) is 1.67. The summed E-state index contributed by atoms with van der Waals surface area (Å²) < 4.78 is 46.1. The molecule has 0 fully saturated rings. The van der Waals surface area contributed by atoms with Crippen molar-refractivity contribution in [3.63, 3.8) is 0 Å². The average Bonchev–Trinajstić information content (AvgIpc) is 2.69. The molecule has 1 aromatic heterocycles. The number of hydrogen-bond acceptors (Lipinski definition) is 5. The number of pyridine rings is 1. The molecule has 1 atom stereocenters. The maximum Gasteiger partial charge on any atom is 0.573 e. The fraction of sp³-hybridized carbons (Fsp3) is 0.250. The molecular formula is C20H19F3N4O4.